The third kappa shape index (κ3) is 3.74. The van der Waals surface area contributed by atoms with Gasteiger partial charge < -0.3 is 5.32 Å². The fourth-order valence-corrected chi connectivity index (χ4v) is 3.07. The molecule has 0 fully saturated rings. The summed E-state index contributed by atoms with van der Waals surface area (Å²) in [4.78, 5) is 36.3. The van der Waals surface area contributed by atoms with E-state index in [4.69, 9.17) is 0 Å². The second kappa shape index (κ2) is 7.26. The van der Waals surface area contributed by atoms with Crippen molar-refractivity contribution in [3.8, 4) is 0 Å². The Labute approximate surface area is 146 Å². The molecule has 25 heavy (non-hydrogen) atoms. The summed E-state index contributed by atoms with van der Waals surface area (Å²) in [6.07, 6.45) is 1.10. The largest absolute Gasteiger partial charge is 0.325 e. The summed E-state index contributed by atoms with van der Waals surface area (Å²) in [6, 6.07) is 16.8. The van der Waals surface area contributed by atoms with Crippen molar-refractivity contribution in [2.45, 2.75) is 26.2 Å². The van der Waals surface area contributed by atoms with Gasteiger partial charge in [-0.25, -0.2) is 0 Å². The van der Waals surface area contributed by atoms with Crippen LogP contribution >= 0.6 is 0 Å². The average molecular weight is 333 g/mol. The third-order valence-corrected chi connectivity index (χ3v) is 4.22. The Balaban J connectivity index is 2.05. The SMILES string of the molecule is CC(=O)CC(=O)N/C(=C1/CCc2ccccc2C1=O)c1ccccc1. The van der Waals surface area contributed by atoms with Crippen LogP contribution in [0.2, 0.25) is 0 Å². The van der Waals surface area contributed by atoms with Gasteiger partial charge >= 0.3 is 0 Å². The maximum absolute atomic E-state index is 13.0. The van der Waals surface area contributed by atoms with Crippen LogP contribution in [-0.2, 0) is 16.0 Å². The minimum atomic E-state index is -0.398. The number of aryl methyl sites for hydroxylation is 1. The maximum atomic E-state index is 13.0. The molecule has 0 saturated carbocycles. The van der Waals surface area contributed by atoms with Gasteiger partial charge in [0, 0.05) is 11.1 Å². The van der Waals surface area contributed by atoms with Crippen molar-refractivity contribution in [3.05, 3.63) is 76.9 Å². The molecule has 2 aromatic carbocycles. The lowest BCUT2D eigenvalue weighted by Gasteiger charge is -2.21. The molecule has 4 nitrogen and oxygen atoms in total. The molecule has 2 aromatic rings. The summed E-state index contributed by atoms with van der Waals surface area (Å²) in [7, 11) is 0. The van der Waals surface area contributed by atoms with Gasteiger partial charge in [0.05, 0.1) is 12.1 Å². The van der Waals surface area contributed by atoms with Crippen LogP contribution in [0.3, 0.4) is 0 Å². The number of ketones is 2. The highest BCUT2D eigenvalue weighted by Gasteiger charge is 2.26. The van der Waals surface area contributed by atoms with Crippen LogP contribution < -0.4 is 5.32 Å². The number of allylic oxidation sites excluding steroid dienone is 1. The summed E-state index contributed by atoms with van der Waals surface area (Å²) in [5.74, 6) is -0.676. The first-order valence-corrected chi connectivity index (χ1v) is 8.26. The molecule has 0 spiro atoms. The van der Waals surface area contributed by atoms with Crippen LogP contribution in [0.5, 0.6) is 0 Å². The predicted molar refractivity (Wildman–Crippen MR) is 95.9 cm³/mol. The van der Waals surface area contributed by atoms with Gasteiger partial charge in [-0.2, -0.15) is 0 Å². The number of carbonyl (C=O) groups excluding carboxylic acids is 3. The average Bonchev–Trinajstić information content (AvgIpc) is 2.61. The summed E-state index contributed by atoms with van der Waals surface area (Å²) in [5.41, 5.74) is 3.56. The Morgan fingerprint density at radius 1 is 0.960 bits per heavy atom. The molecule has 1 aliphatic carbocycles. The molecule has 4 heteroatoms. The minimum absolute atomic E-state index is 0.0659. The van der Waals surface area contributed by atoms with Gasteiger partial charge in [0.25, 0.3) is 0 Å². The first-order chi connectivity index (χ1) is 12.1. The van der Waals surface area contributed by atoms with Gasteiger partial charge in [-0.15, -0.1) is 0 Å². The van der Waals surface area contributed by atoms with E-state index in [0.717, 1.165) is 17.5 Å². The smallest absolute Gasteiger partial charge is 0.231 e. The van der Waals surface area contributed by atoms with Crippen molar-refractivity contribution in [1.29, 1.82) is 0 Å². The minimum Gasteiger partial charge on any atom is -0.325 e. The molecular formula is C21H19NO3. The second-order valence-corrected chi connectivity index (χ2v) is 6.13. The summed E-state index contributed by atoms with van der Waals surface area (Å²) >= 11 is 0. The summed E-state index contributed by atoms with van der Waals surface area (Å²) < 4.78 is 0. The molecule has 0 aromatic heterocycles. The number of benzene rings is 2. The van der Waals surface area contributed by atoms with E-state index < -0.39 is 5.91 Å². The third-order valence-electron chi connectivity index (χ3n) is 4.22. The van der Waals surface area contributed by atoms with Crippen LogP contribution in [0.4, 0.5) is 0 Å². The van der Waals surface area contributed by atoms with Crippen molar-refractivity contribution in [2.75, 3.05) is 0 Å². The Bertz CT molecular complexity index is 866. The molecule has 0 bridgehead atoms. The number of fused-ring (bicyclic) bond motifs is 1. The maximum Gasteiger partial charge on any atom is 0.231 e. The van der Waals surface area contributed by atoms with E-state index in [0.29, 0.717) is 23.3 Å². The molecule has 126 valence electrons. The Hall–Kier alpha value is -3.01. The Kier molecular flexibility index (Phi) is 4.89. The molecular weight excluding hydrogens is 314 g/mol. The number of hydrogen-bond acceptors (Lipinski definition) is 3. The molecule has 0 unspecified atom stereocenters. The molecule has 0 saturated heterocycles. The fourth-order valence-electron chi connectivity index (χ4n) is 3.07. The standard InChI is InChI=1S/C21H19NO3/c1-14(23)13-19(24)22-20(16-8-3-2-4-9-16)18-12-11-15-7-5-6-10-17(15)21(18)25/h2-10H,11-13H2,1H3,(H,22,24)/b20-18-. The number of amides is 1. The normalized spacial score (nSPS) is 15.3. The van der Waals surface area contributed by atoms with Crippen LogP contribution in [0, 0.1) is 0 Å². The lowest BCUT2D eigenvalue weighted by Crippen LogP contribution is -2.27. The van der Waals surface area contributed by atoms with Crippen LogP contribution in [0.1, 0.15) is 41.3 Å². The van der Waals surface area contributed by atoms with Gasteiger partial charge in [-0.1, -0.05) is 54.6 Å². The van der Waals surface area contributed by atoms with Gasteiger partial charge in [0.2, 0.25) is 5.91 Å². The van der Waals surface area contributed by atoms with E-state index in [1.807, 2.05) is 54.6 Å². The highest BCUT2D eigenvalue weighted by atomic mass is 16.2. The monoisotopic (exact) mass is 333 g/mol. The highest BCUT2D eigenvalue weighted by Crippen LogP contribution is 2.29. The summed E-state index contributed by atoms with van der Waals surface area (Å²) in [6.45, 7) is 1.37. The molecule has 0 radical (unpaired) electrons. The highest BCUT2D eigenvalue weighted by molar-refractivity contribution is 6.16. The molecule has 1 aliphatic rings. The molecule has 0 aliphatic heterocycles. The molecule has 0 heterocycles. The number of hydrogen-bond donors (Lipinski definition) is 1. The van der Waals surface area contributed by atoms with Crippen LogP contribution in [0.15, 0.2) is 60.2 Å². The van der Waals surface area contributed by atoms with Crippen molar-refractivity contribution in [2.24, 2.45) is 0 Å². The molecule has 0 atom stereocenters. The lowest BCUT2D eigenvalue weighted by molar-refractivity contribution is -0.126. The Morgan fingerprint density at radius 3 is 2.36 bits per heavy atom. The van der Waals surface area contributed by atoms with Gasteiger partial charge in [-0.3, -0.25) is 14.4 Å². The van der Waals surface area contributed by atoms with E-state index >= 15 is 0 Å². The number of nitrogens with one attached hydrogen (secondary N) is 1. The van der Waals surface area contributed by atoms with Crippen molar-refractivity contribution < 1.29 is 14.4 Å². The number of rotatable bonds is 4. The zero-order chi connectivity index (χ0) is 17.8. The second-order valence-electron chi connectivity index (χ2n) is 6.13. The zero-order valence-corrected chi connectivity index (χ0v) is 14.0. The van der Waals surface area contributed by atoms with Crippen LogP contribution in [-0.4, -0.2) is 17.5 Å². The van der Waals surface area contributed by atoms with Gasteiger partial charge in [-0.05, 0) is 30.9 Å². The predicted octanol–water partition coefficient (Wildman–Crippen LogP) is 3.32. The van der Waals surface area contributed by atoms with Gasteiger partial charge in [0.15, 0.2) is 5.78 Å². The fraction of sp³-hybridized carbons (Fsp3) is 0.190. The Morgan fingerprint density at radius 2 is 1.64 bits per heavy atom. The number of carbonyl (C=O) groups is 3. The van der Waals surface area contributed by atoms with E-state index in [2.05, 4.69) is 5.32 Å². The lowest BCUT2D eigenvalue weighted by atomic mass is 9.85. The van der Waals surface area contributed by atoms with Crippen molar-refractivity contribution in [3.63, 3.8) is 0 Å². The first-order valence-electron chi connectivity index (χ1n) is 8.26. The first kappa shape index (κ1) is 16.8. The number of Topliss-reactive ketones (excluding diaryl/α,β-unsaturated/α-hetero) is 2. The van der Waals surface area contributed by atoms with Crippen LogP contribution in [0.25, 0.3) is 5.70 Å². The van der Waals surface area contributed by atoms with E-state index in [1.165, 1.54) is 6.92 Å². The van der Waals surface area contributed by atoms with Crippen molar-refractivity contribution >= 4 is 23.2 Å². The van der Waals surface area contributed by atoms with Crippen molar-refractivity contribution in [1.82, 2.24) is 5.32 Å². The quantitative estimate of drug-likeness (QED) is 0.689. The zero-order valence-electron chi connectivity index (χ0n) is 14.0. The molecule has 1 amide bonds. The van der Waals surface area contributed by atoms with Gasteiger partial charge in [0.1, 0.15) is 5.78 Å². The molecule has 1 N–H and O–H groups in total. The van der Waals surface area contributed by atoms with E-state index in [1.54, 1.807) is 0 Å². The van der Waals surface area contributed by atoms with E-state index in [-0.39, 0.29) is 18.0 Å². The summed E-state index contributed by atoms with van der Waals surface area (Å²) in [5, 5.41) is 2.79. The topological polar surface area (TPSA) is 63.2 Å². The van der Waals surface area contributed by atoms with E-state index in [9.17, 15) is 14.4 Å². The molecule has 3 rings (SSSR count).